The minimum atomic E-state index is 0.0863. The molecule has 1 aromatic rings. The minimum Gasteiger partial charge on any atom is -0.379 e. The highest BCUT2D eigenvalue weighted by Gasteiger charge is 2.41. The van der Waals surface area contributed by atoms with Crippen LogP contribution in [0.1, 0.15) is 44.2 Å². The van der Waals surface area contributed by atoms with Crippen molar-refractivity contribution in [2.24, 2.45) is 11.3 Å². The summed E-state index contributed by atoms with van der Waals surface area (Å²) in [5.74, 6) is 0.684. The standard InChI is InChI=1S/C19H30N4O2/c24-18(16-4-1-2-5-16)23-9-3-7-19(14-23)13-22(10-11-25-15-19)12-17-6-8-20-21-17/h6,8,16H,1-5,7,9-15H2,(H,20,21). The van der Waals surface area contributed by atoms with E-state index in [1.54, 1.807) is 0 Å². The largest absolute Gasteiger partial charge is 0.379 e. The van der Waals surface area contributed by atoms with Crippen LogP contribution in [0.4, 0.5) is 0 Å². The lowest BCUT2D eigenvalue weighted by molar-refractivity contribution is -0.140. The summed E-state index contributed by atoms with van der Waals surface area (Å²) >= 11 is 0. The number of piperidine rings is 1. The van der Waals surface area contributed by atoms with Crippen LogP contribution in [0, 0.1) is 11.3 Å². The number of nitrogens with one attached hydrogen (secondary N) is 1. The second kappa shape index (κ2) is 7.46. The summed E-state index contributed by atoms with van der Waals surface area (Å²) in [6, 6.07) is 2.04. The molecule has 25 heavy (non-hydrogen) atoms. The normalized spacial score (nSPS) is 29.2. The van der Waals surface area contributed by atoms with Crippen LogP contribution in [0.5, 0.6) is 0 Å². The highest BCUT2D eigenvalue weighted by atomic mass is 16.5. The molecule has 1 saturated carbocycles. The molecule has 6 nitrogen and oxygen atoms in total. The molecule has 6 heteroatoms. The molecule has 4 rings (SSSR count). The van der Waals surface area contributed by atoms with E-state index in [1.807, 2.05) is 12.3 Å². The van der Waals surface area contributed by atoms with E-state index in [1.165, 1.54) is 12.8 Å². The predicted octanol–water partition coefficient (Wildman–Crippen LogP) is 2.04. The summed E-state index contributed by atoms with van der Waals surface area (Å²) in [5, 5.41) is 7.12. The lowest BCUT2D eigenvalue weighted by atomic mass is 9.79. The van der Waals surface area contributed by atoms with Gasteiger partial charge in [0, 0.05) is 55.9 Å². The maximum Gasteiger partial charge on any atom is 0.225 e. The maximum atomic E-state index is 12.9. The van der Waals surface area contributed by atoms with Crippen molar-refractivity contribution in [1.29, 1.82) is 0 Å². The van der Waals surface area contributed by atoms with Crippen molar-refractivity contribution >= 4 is 5.91 Å². The molecule has 1 N–H and O–H groups in total. The first-order chi connectivity index (χ1) is 12.2. The van der Waals surface area contributed by atoms with Crippen LogP contribution >= 0.6 is 0 Å². The minimum absolute atomic E-state index is 0.0863. The molecule has 3 fully saturated rings. The van der Waals surface area contributed by atoms with E-state index in [-0.39, 0.29) is 11.3 Å². The summed E-state index contributed by atoms with van der Waals surface area (Å²) in [4.78, 5) is 17.5. The molecule has 3 heterocycles. The lowest BCUT2D eigenvalue weighted by Gasteiger charge is -2.44. The Bertz CT molecular complexity index is 570. The third-order valence-corrected chi connectivity index (χ3v) is 6.15. The Labute approximate surface area is 149 Å². The van der Waals surface area contributed by atoms with Gasteiger partial charge in [-0.05, 0) is 31.7 Å². The van der Waals surface area contributed by atoms with E-state index < -0.39 is 0 Å². The molecule has 1 spiro atoms. The third kappa shape index (κ3) is 3.90. The molecule has 2 aliphatic heterocycles. The molecule has 3 aliphatic rings. The second-order valence-corrected chi connectivity index (χ2v) is 8.19. The van der Waals surface area contributed by atoms with Crippen molar-refractivity contribution < 1.29 is 9.53 Å². The van der Waals surface area contributed by atoms with Gasteiger partial charge in [0.2, 0.25) is 5.91 Å². The fourth-order valence-electron chi connectivity index (χ4n) is 4.90. The van der Waals surface area contributed by atoms with E-state index in [9.17, 15) is 4.79 Å². The first kappa shape index (κ1) is 17.0. The van der Waals surface area contributed by atoms with Crippen molar-refractivity contribution in [3.63, 3.8) is 0 Å². The zero-order chi connectivity index (χ0) is 17.1. The smallest absolute Gasteiger partial charge is 0.225 e. The molecular formula is C19H30N4O2. The quantitative estimate of drug-likeness (QED) is 0.910. The number of likely N-dealkylation sites (tertiary alicyclic amines) is 1. The molecular weight excluding hydrogens is 316 g/mol. The average Bonchev–Trinajstić information content (AvgIpc) is 3.29. The Balaban J connectivity index is 1.43. The van der Waals surface area contributed by atoms with Gasteiger partial charge in [-0.1, -0.05) is 12.8 Å². The number of H-pyrrole nitrogens is 1. The molecule has 1 amide bonds. The molecule has 2 saturated heterocycles. The number of nitrogens with zero attached hydrogens (tertiary/aromatic N) is 3. The lowest BCUT2D eigenvalue weighted by Crippen LogP contribution is -2.53. The van der Waals surface area contributed by atoms with Crippen molar-refractivity contribution in [2.45, 2.75) is 45.1 Å². The number of carbonyl (C=O) groups is 1. The molecule has 1 unspecified atom stereocenters. The molecule has 1 aromatic heterocycles. The Hall–Kier alpha value is -1.40. The van der Waals surface area contributed by atoms with Gasteiger partial charge >= 0.3 is 0 Å². The molecule has 0 aromatic carbocycles. The van der Waals surface area contributed by atoms with Gasteiger partial charge in [0.05, 0.1) is 13.2 Å². The van der Waals surface area contributed by atoms with Crippen LogP contribution in [0.15, 0.2) is 12.3 Å². The maximum absolute atomic E-state index is 12.9. The van der Waals surface area contributed by atoms with Crippen LogP contribution in [0.2, 0.25) is 0 Å². The molecule has 1 aliphatic carbocycles. The summed E-state index contributed by atoms with van der Waals surface area (Å²) in [6.07, 6.45) is 8.67. The summed E-state index contributed by atoms with van der Waals surface area (Å²) in [6.45, 7) is 6.16. The van der Waals surface area contributed by atoms with Gasteiger partial charge in [0.15, 0.2) is 0 Å². The highest BCUT2D eigenvalue weighted by molar-refractivity contribution is 5.79. The first-order valence-corrected chi connectivity index (χ1v) is 9.81. The Morgan fingerprint density at radius 2 is 2.16 bits per heavy atom. The fraction of sp³-hybridized carbons (Fsp3) is 0.789. The van der Waals surface area contributed by atoms with Gasteiger partial charge < -0.3 is 9.64 Å². The third-order valence-electron chi connectivity index (χ3n) is 6.15. The summed E-state index contributed by atoms with van der Waals surface area (Å²) in [7, 11) is 0. The molecule has 1 atom stereocenters. The van der Waals surface area contributed by atoms with Gasteiger partial charge in [-0.3, -0.25) is 14.8 Å². The Morgan fingerprint density at radius 3 is 2.96 bits per heavy atom. The van der Waals surface area contributed by atoms with Gasteiger partial charge in [0.25, 0.3) is 0 Å². The van der Waals surface area contributed by atoms with Gasteiger partial charge in [-0.15, -0.1) is 0 Å². The molecule has 138 valence electrons. The number of hydrogen-bond acceptors (Lipinski definition) is 4. The Morgan fingerprint density at radius 1 is 1.28 bits per heavy atom. The van der Waals surface area contributed by atoms with Crippen LogP contribution in [0.3, 0.4) is 0 Å². The number of carbonyl (C=O) groups excluding carboxylic acids is 1. The average molecular weight is 346 g/mol. The number of ether oxygens (including phenoxy) is 1. The fourth-order valence-corrected chi connectivity index (χ4v) is 4.90. The molecule has 0 bridgehead atoms. The number of aromatic amines is 1. The van der Waals surface area contributed by atoms with Crippen molar-refractivity contribution in [2.75, 3.05) is 39.4 Å². The highest BCUT2D eigenvalue weighted by Crippen LogP contribution is 2.35. The van der Waals surface area contributed by atoms with Crippen LogP contribution in [-0.4, -0.2) is 65.3 Å². The van der Waals surface area contributed by atoms with Crippen molar-refractivity contribution in [3.05, 3.63) is 18.0 Å². The number of rotatable bonds is 3. The van der Waals surface area contributed by atoms with Crippen molar-refractivity contribution in [3.8, 4) is 0 Å². The van der Waals surface area contributed by atoms with Crippen LogP contribution < -0.4 is 0 Å². The monoisotopic (exact) mass is 346 g/mol. The van der Waals surface area contributed by atoms with Gasteiger partial charge in [-0.2, -0.15) is 5.10 Å². The van der Waals surface area contributed by atoms with Crippen LogP contribution in [-0.2, 0) is 16.1 Å². The molecule has 0 radical (unpaired) electrons. The topological polar surface area (TPSA) is 61.5 Å². The SMILES string of the molecule is O=C(C1CCCC1)N1CCCC2(COCCN(Cc3ccn[nH]3)C2)C1. The van der Waals surface area contributed by atoms with Crippen LogP contribution in [0.25, 0.3) is 0 Å². The van der Waals surface area contributed by atoms with E-state index in [2.05, 4.69) is 20.0 Å². The Kier molecular flexibility index (Phi) is 5.08. The first-order valence-electron chi connectivity index (χ1n) is 9.81. The number of aromatic nitrogens is 2. The predicted molar refractivity (Wildman–Crippen MR) is 94.9 cm³/mol. The number of hydrogen-bond donors (Lipinski definition) is 1. The summed E-state index contributed by atoms with van der Waals surface area (Å²) in [5.41, 5.74) is 1.23. The van der Waals surface area contributed by atoms with E-state index in [0.717, 1.165) is 77.3 Å². The zero-order valence-electron chi connectivity index (χ0n) is 15.1. The van der Waals surface area contributed by atoms with E-state index in [4.69, 9.17) is 4.74 Å². The van der Waals surface area contributed by atoms with Gasteiger partial charge in [-0.25, -0.2) is 0 Å². The van der Waals surface area contributed by atoms with Crippen molar-refractivity contribution in [1.82, 2.24) is 20.0 Å². The van der Waals surface area contributed by atoms with E-state index in [0.29, 0.717) is 5.91 Å². The second-order valence-electron chi connectivity index (χ2n) is 8.19. The van der Waals surface area contributed by atoms with E-state index >= 15 is 0 Å². The zero-order valence-corrected chi connectivity index (χ0v) is 15.1. The summed E-state index contributed by atoms with van der Waals surface area (Å²) < 4.78 is 5.99. The number of amides is 1. The van der Waals surface area contributed by atoms with Gasteiger partial charge in [0.1, 0.15) is 0 Å².